The van der Waals surface area contributed by atoms with Gasteiger partial charge in [-0.1, -0.05) is 6.08 Å². The van der Waals surface area contributed by atoms with E-state index >= 15 is 0 Å². The Morgan fingerprint density at radius 2 is 2.36 bits per heavy atom. The molecule has 1 unspecified atom stereocenters. The molecule has 2 N–H and O–H groups in total. The van der Waals surface area contributed by atoms with Crippen LogP contribution < -0.4 is 10.6 Å². The van der Waals surface area contributed by atoms with Gasteiger partial charge in [0.25, 0.3) is 0 Å². The summed E-state index contributed by atoms with van der Waals surface area (Å²) in [6.45, 7) is 6.61. The van der Waals surface area contributed by atoms with Gasteiger partial charge in [0.15, 0.2) is 0 Å². The summed E-state index contributed by atoms with van der Waals surface area (Å²) < 4.78 is 0. The van der Waals surface area contributed by atoms with Crippen LogP contribution in [0.2, 0.25) is 0 Å². The predicted molar refractivity (Wildman–Crippen MR) is 58.1 cm³/mol. The molecular formula is C11H20N2O. The number of hydrogen-bond donors (Lipinski definition) is 2. The van der Waals surface area contributed by atoms with E-state index in [0.717, 1.165) is 25.8 Å². The van der Waals surface area contributed by atoms with E-state index in [1.165, 1.54) is 0 Å². The van der Waals surface area contributed by atoms with Crippen LogP contribution >= 0.6 is 0 Å². The van der Waals surface area contributed by atoms with Crippen LogP contribution in [0.25, 0.3) is 0 Å². The summed E-state index contributed by atoms with van der Waals surface area (Å²) in [5.41, 5.74) is 0. The van der Waals surface area contributed by atoms with E-state index in [1.807, 2.05) is 6.08 Å². The minimum absolute atomic E-state index is 0.195. The van der Waals surface area contributed by atoms with E-state index < -0.39 is 0 Å². The lowest BCUT2D eigenvalue weighted by Gasteiger charge is -2.08. The monoisotopic (exact) mass is 196 g/mol. The minimum Gasteiger partial charge on any atom is -0.353 e. The first-order chi connectivity index (χ1) is 6.72. The van der Waals surface area contributed by atoms with Crippen LogP contribution in [-0.4, -0.2) is 24.5 Å². The highest BCUT2D eigenvalue weighted by Crippen LogP contribution is 2.18. The van der Waals surface area contributed by atoms with Crippen molar-refractivity contribution < 1.29 is 4.79 Å². The van der Waals surface area contributed by atoms with Crippen molar-refractivity contribution in [2.24, 2.45) is 0 Å². The normalized spacial score (nSPS) is 17.5. The third-order valence-corrected chi connectivity index (χ3v) is 2.34. The first-order valence-electron chi connectivity index (χ1n) is 5.37. The van der Waals surface area contributed by atoms with Gasteiger partial charge < -0.3 is 10.6 Å². The van der Waals surface area contributed by atoms with E-state index in [-0.39, 0.29) is 5.91 Å². The van der Waals surface area contributed by atoms with Crippen molar-refractivity contribution in [3.8, 4) is 0 Å². The number of carbonyl (C=O) groups is 1. The van der Waals surface area contributed by atoms with Crippen LogP contribution in [0, 0.1) is 0 Å². The largest absolute Gasteiger partial charge is 0.353 e. The fraction of sp³-hybridized carbons (Fsp3) is 0.727. The Bertz CT molecular complexity index is 199. The van der Waals surface area contributed by atoms with Crippen LogP contribution in [0.3, 0.4) is 0 Å². The summed E-state index contributed by atoms with van der Waals surface area (Å²) in [4.78, 5) is 11.2. The minimum atomic E-state index is 0.195. The molecule has 0 aromatic heterocycles. The molecule has 3 nitrogen and oxygen atoms in total. The molecule has 80 valence electrons. The molecule has 1 aliphatic carbocycles. The zero-order chi connectivity index (χ0) is 10.4. The molecule has 0 aromatic carbocycles. The summed E-state index contributed by atoms with van der Waals surface area (Å²) >= 11 is 0. The van der Waals surface area contributed by atoms with Crippen LogP contribution in [-0.2, 0) is 4.79 Å². The Labute approximate surface area is 86.0 Å². The summed E-state index contributed by atoms with van der Waals surface area (Å²) in [6, 6.07) is 0.823. The molecule has 3 heteroatoms. The lowest BCUT2D eigenvalue weighted by atomic mass is 10.2. The van der Waals surface area contributed by atoms with Crippen molar-refractivity contribution in [3.05, 3.63) is 12.7 Å². The quantitative estimate of drug-likeness (QED) is 0.474. The zero-order valence-corrected chi connectivity index (χ0v) is 8.88. The second-order valence-electron chi connectivity index (χ2n) is 3.92. The Morgan fingerprint density at radius 3 is 2.93 bits per heavy atom. The van der Waals surface area contributed by atoms with Crippen LogP contribution in [0.15, 0.2) is 12.7 Å². The van der Waals surface area contributed by atoms with E-state index in [2.05, 4.69) is 24.1 Å². The predicted octanol–water partition coefficient (Wildman–Crippen LogP) is 1.21. The standard InChI is InChI=1S/C11H20N2O/c1-3-9(2)12-8-4-5-11(14)13-10-6-7-10/h3,9-10,12H,1,4-8H2,2H3,(H,13,14). The molecular weight excluding hydrogens is 176 g/mol. The topological polar surface area (TPSA) is 41.1 Å². The van der Waals surface area contributed by atoms with Gasteiger partial charge in [-0.05, 0) is 32.7 Å². The Morgan fingerprint density at radius 1 is 1.64 bits per heavy atom. The number of nitrogens with one attached hydrogen (secondary N) is 2. The van der Waals surface area contributed by atoms with E-state index in [4.69, 9.17) is 0 Å². The van der Waals surface area contributed by atoms with Crippen molar-refractivity contribution >= 4 is 5.91 Å². The summed E-state index contributed by atoms with van der Waals surface area (Å²) in [7, 11) is 0. The van der Waals surface area contributed by atoms with Crippen molar-refractivity contribution in [1.82, 2.24) is 10.6 Å². The second kappa shape index (κ2) is 5.81. The summed E-state index contributed by atoms with van der Waals surface area (Å²) in [5.74, 6) is 0.195. The molecule has 0 aromatic rings. The highest BCUT2D eigenvalue weighted by atomic mass is 16.1. The van der Waals surface area contributed by atoms with E-state index in [0.29, 0.717) is 18.5 Å². The van der Waals surface area contributed by atoms with Crippen LogP contribution in [0.5, 0.6) is 0 Å². The van der Waals surface area contributed by atoms with Gasteiger partial charge in [-0.3, -0.25) is 4.79 Å². The van der Waals surface area contributed by atoms with Gasteiger partial charge in [0.2, 0.25) is 5.91 Å². The molecule has 0 saturated heterocycles. The van der Waals surface area contributed by atoms with Gasteiger partial charge in [-0.25, -0.2) is 0 Å². The van der Waals surface area contributed by atoms with Gasteiger partial charge in [0.05, 0.1) is 0 Å². The Hall–Kier alpha value is -0.830. The third-order valence-electron chi connectivity index (χ3n) is 2.34. The third kappa shape index (κ3) is 5.02. The van der Waals surface area contributed by atoms with Crippen molar-refractivity contribution in [3.63, 3.8) is 0 Å². The van der Waals surface area contributed by atoms with E-state index in [1.54, 1.807) is 0 Å². The summed E-state index contributed by atoms with van der Waals surface area (Å²) in [6.07, 6.45) is 5.73. The fourth-order valence-electron chi connectivity index (χ4n) is 1.19. The number of amides is 1. The first kappa shape index (κ1) is 11.2. The maximum absolute atomic E-state index is 11.2. The molecule has 0 aliphatic heterocycles. The molecule has 1 fully saturated rings. The Kier molecular flexibility index (Phi) is 4.66. The molecule has 0 heterocycles. The maximum atomic E-state index is 11.2. The molecule has 1 aliphatic rings. The lowest BCUT2D eigenvalue weighted by Crippen LogP contribution is -2.28. The molecule has 0 bridgehead atoms. The molecule has 1 amide bonds. The van der Waals surface area contributed by atoms with Gasteiger partial charge in [-0.15, -0.1) is 6.58 Å². The van der Waals surface area contributed by atoms with Crippen molar-refractivity contribution in [1.29, 1.82) is 0 Å². The van der Waals surface area contributed by atoms with Crippen molar-refractivity contribution in [2.45, 2.75) is 44.7 Å². The fourth-order valence-corrected chi connectivity index (χ4v) is 1.19. The van der Waals surface area contributed by atoms with Crippen LogP contribution in [0.4, 0.5) is 0 Å². The maximum Gasteiger partial charge on any atom is 0.220 e. The molecule has 14 heavy (non-hydrogen) atoms. The second-order valence-corrected chi connectivity index (χ2v) is 3.92. The SMILES string of the molecule is C=CC(C)NCCCC(=O)NC1CC1. The molecule has 1 rings (SSSR count). The molecule has 1 atom stereocenters. The number of rotatable bonds is 7. The summed E-state index contributed by atoms with van der Waals surface area (Å²) in [5, 5.41) is 6.23. The molecule has 0 radical (unpaired) electrons. The highest BCUT2D eigenvalue weighted by molar-refractivity contribution is 5.76. The smallest absolute Gasteiger partial charge is 0.220 e. The average Bonchev–Trinajstić information content (AvgIpc) is 2.95. The number of carbonyl (C=O) groups excluding carboxylic acids is 1. The first-order valence-corrected chi connectivity index (χ1v) is 5.37. The molecule has 0 spiro atoms. The average molecular weight is 196 g/mol. The zero-order valence-electron chi connectivity index (χ0n) is 8.88. The molecule has 1 saturated carbocycles. The Balaban J connectivity index is 1.91. The highest BCUT2D eigenvalue weighted by Gasteiger charge is 2.22. The van der Waals surface area contributed by atoms with Crippen LogP contribution in [0.1, 0.15) is 32.6 Å². The van der Waals surface area contributed by atoms with Gasteiger partial charge in [0.1, 0.15) is 0 Å². The van der Waals surface area contributed by atoms with Gasteiger partial charge >= 0.3 is 0 Å². The van der Waals surface area contributed by atoms with Gasteiger partial charge in [0, 0.05) is 18.5 Å². The number of hydrogen-bond acceptors (Lipinski definition) is 2. The van der Waals surface area contributed by atoms with Crippen molar-refractivity contribution in [2.75, 3.05) is 6.54 Å². The lowest BCUT2D eigenvalue weighted by molar-refractivity contribution is -0.121. The van der Waals surface area contributed by atoms with E-state index in [9.17, 15) is 4.79 Å². The van der Waals surface area contributed by atoms with Gasteiger partial charge in [-0.2, -0.15) is 0 Å².